The van der Waals surface area contributed by atoms with Crippen LogP contribution in [0.5, 0.6) is 0 Å². The first-order chi connectivity index (χ1) is 17.0. The van der Waals surface area contributed by atoms with Crippen LogP contribution < -0.4 is 5.32 Å². The molecule has 1 aromatic heterocycles. The highest BCUT2D eigenvalue weighted by Crippen LogP contribution is 2.33. The molecule has 0 radical (unpaired) electrons. The zero-order valence-electron chi connectivity index (χ0n) is 22.0. The molecule has 1 aliphatic rings. The Morgan fingerprint density at radius 1 is 1.22 bits per heavy atom. The maximum atomic E-state index is 13.4. The number of aliphatic hydroxyl groups is 1. The summed E-state index contributed by atoms with van der Waals surface area (Å²) in [5.74, 6) is -0.289. The molecule has 9 nitrogen and oxygen atoms in total. The number of aromatic amines is 1. The van der Waals surface area contributed by atoms with Crippen LogP contribution in [0.4, 0.5) is 0 Å². The topological polar surface area (TPSA) is 119 Å². The van der Waals surface area contributed by atoms with Gasteiger partial charge in [0.15, 0.2) is 0 Å². The first-order valence-corrected chi connectivity index (χ1v) is 12.6. The molecule has 9 heteroatoms. The third-order valence-corrected chi connectivity index (χ3v) is 6.56. The Morgan fingerprint density at radius 3 is 2.56 bits per heavy atom. The number of H-pyrrole nitrogens is 1. The van der Waals surface area contributed by atoms with E-state index in [1.807, 2.05) is 39.0 Å². The van der Waals surface area contributed by atoms with Crippen LogP contribution in [0.15, 0.2) is 36.5 Å². The summed E-state index contributed by atoms with van der Waals surface area (Å²) in [6.07, 6.45) is 3.91. The zero-order chi connectivity index (χ0) is 26.5. The van der Waals surface area contributed by atoms with Gasteiger partial charge in [-0.1, -0.05) is 51.1 Å². The smallest absolute Gasteiger partial charge is 0.271 e. The molecule has 1 fully saturated rings. The second kappa shape index (κ2) is 11.7. The molecule has 36 heavy (non-hydrogen) atoms. The van der Waals surface area contributed by atoms with Gasteiger partial charge in [-0.15, -0.1) is 0 Å². The van der Waals surface area contributed by atoms with E-state index >= 15 is 0 Å². The average molecular weight is 498 g/mol. The van der Waals surface area contributed by atoms with Gasteiger partial charge in [-0.05, 0) is 30.2 Å². The number of likely N-dealkylation sites (tertiary alicyclic amines) is 1. The standard InChI is InChI=1S/C27H39N5O4/c1-18(33)29-23(27(2,3)4)26(36)32-17-20(34)15-22(32)24-28-16-21(30-24)25(35)31(5)14-10-9-13-19-11-7-6-8-12-19/h6-8,11-12,16,20,22-23,34H,9-10,13-15,17H2,1-5H3,(H,28,30)(H,29,33)/t20-,22+,23-/m1/s1. The summed E-state index contributed by atoms with van der Waals surface area (Å²) in [7, 11) is 1.77. The average Bonchev–Trinajstić information content (AvgIpc) is 3.46. The largest absolute Gasteiger partial charge is 0.391 e. The number of aryl methyl sites for hydroxylation is 1. The van der Waals surface area contributed by atoms with Crippen molar-refractivity contribution in [3.05, 3.63) is 53.6 Å². The van der Waals surface area contributed by atoms with Crippen LogP contribution in [0.1, 0.15) is 74.9 Å². The second-order valence-corrected chi connectivity index (χ2v) is 10.7. The van der Waals surface area contributed by atoms with E-state index in [1.165, 1.54) is 18.7 Å². The molecule has 2 heterocycles. The summed E-state index contributed by atoms with van der Waals surface area (Å²) in [5, 5.41) is 13.1. The van der Waals surface area contributed by atoms with E-state index in [-0.39, 0.29) is 24.3 Å². The van der Waals surface area contributed by atoms with Crippen LogP contribution in [0, 0.1) is 5.41 Å². The molecule has 0 spiro atoms. The molecule has 3 amide bonds. The lowest BCUT2D eigenvalue weighted by Gasteiger charge is -2.35. The number of carbonyl (C=O) groups excluding carboxylic acids is 3. The highest BCUT2D eigenvalue weighted by molar-refractivity contribution is 5.92. The van der Waals surface area contributed by atoms with Gasteiger partial charge in [-0.2, -0.15) is 0 Å². The van der Waals surface area contributed by atoms with Crippen LogP contribution in [0.3, 0.4) is 0 Å². The van der Waals surface area contributed by atoms with Crippen LogP contribution >= 0.6 is 0 Å². The molecule has 0 bridgehead atoms. The summed E-state index contributed by atoms with van der Waals surface area (Å²) in [4.78, 5) is 48.8. The minimum Gasteiger partial charge on any atom is -0.391 e. The number of benzene rings is 1. The molecule has 0 saturated carbocycles. The normalized spacial score (nSPS) is 18.7. The fourth-order valence-electron chi connectivity index (χ4n) is 4.58. The maximum absolute atomic E-state index is 13.4. The number of rotatable bonds is 9. The van der Waals surface area contributed by atoms with Crippen molar-refractivity contribution in [3.63, 3.8) is 0 Å². The first-order valence-electron chi connectivity index (χ1n) is 12.6. The molecule has 0 unspecified atom stereocenters. The van der Waals surface area contributed by atoms with Crippen LogP contribution in [-0.2, 0) is 16.0 Å². The summed E-state index contributed by atoms with van der Waals surface area (Å²) >= 11 is 0. The molecular formula is C27H39N5O4. The van der Waals surface area contributed by atoms with Gasteiger partial charge in [-0.3, -0.25) is 14.4 Å². The number of β-amino-alcohol motifs (C(OH)–C–C–N with tert-alkyl or cyclic N) is 1. The Balaban J connectivity index is 1.64. The summed E-state index contributed by atoms with van der Waals surface area (Å²) < 4.78 is 0. The van der Waals surface area contributed by atoms with Crippen molar-refractivity contribution in [2.75, 3.05) is 20.1 Å². The Morgan fingerprint density at radius 2 is 1.92 bits per heavy atom. The monoisotopic (exact) mass is 497 g/mol. The van der Waals surface area contributed by atoms with E-state index in [0.29, 0.717) is 24.5 Å². The molecule has 1 saturated heterocycles. The fourth-order valence-corrected chi connectivity index (χ4v) is 4.58. The van der Waals surface area contributed by atoms with Gasteiger partial charge < -0.3 is 25.2 Å². The molecule has 1 aliphatic heterocycles. The Bertz CT molecular complexity index is 1050. The van der Waals surface area contributed by atoms with Gasteiger partial charge in [0, 0.05) is 33.5 Å². The van der Waals surface area contributed by atoms with Gasteiger partial charge in [0.1, 0.15) is 17.6 Å². The summed E-state index contributed by atoms with van der Waals surface area (Å²) in [5.41, 5.74) is 1.11. The van der Waals surface area contributed by atoms with Gasteiger partial charge >= 0.3 is 0 Å². The van der Waals surface area contributed by atoms with Crippen molar-refractivity contribution >= 4 is 17.7 Å². The predicted molar refractivity (Wildman–Crippen MR) is 137 cm³/mol. The lowest BCUT2D eigenvalue weighted by atomic mass is 9.85. The molecule has 196 valence electrons. The van der Waals surface area contributed by atoms with Gasteiger partial charge in [0.2, 0.25) is 11.8 Å². The number of nitrogens with zero attached hydrogens (tertiary/aromatic N) is 3. The minimum absolute atomic E-state index is 0.140. The van der Waals surface area contributed by atoms with Crippen molar-refractivity contribution in [2.24, 2.45) is 5.41 Å². The predicted octanol–water partition coefficient (Wildman–Crippen LogP) is 2.69. The number of hydrogen-bond donors (Lipinski definition) is 3. The summed E-state index contributed by atoms with van der Waals surface area (Å²) in [6.45, 7) is 7.79. The SMILES string of the molecule is CC(=O)N[C@H](C(=O)N1C[C@H](O)C[C@H]1c1ncc(C(=O)N(C)CCCCc2ccccc2)[nH]1)C(C)(C)C. The molecular weight excluding hydrogens is 458 g/mol. The number of carbonyl (C=O) groups is 3. The van der Waals surface area contributed by atoms with E-state index in [0.717, 1.165) is 19.3 Å². The number of unbranched alkanes of at least 4 members (excludes halogenated alkanes) is 1. The quantitative estimate of drug-likeness (QED) is 0.460. The van der Waals surface area contributed by atoms with E-state index in [9.17, 15) is 19.5 Å². The van der Waals surface area contributed by atoms with Crippen molar-refractivity contribution < 1.29 is 19.5 Å². The van der Waals surface area contributed by atoms with Crippen molar-refractivity contribution in [2.45, 2.75) is 71.6 Å². The van der Waals surface area contributed by atoms with E-state index < -0.39 is 23.6 Å². The number of amides is 3. The summed E-state index contributed by atoms with van der Waals surface area (Å²) in [6, 6.07) is 9.01. The highest BCUT2D eigenvalue weighted by atomic mass is 16.3. The fraction of sp³-hybridized carbons (Fsp3) is 0.556. The molecule has 3 rings (SSSR count). The Hall–Kier alpha value is -3.20. The lowest BCUT2D eigenvalue weighted by Crippen LogP contribution is -2.54. The third kappa shape index (κ3) is 6.94. The highest BCUT2D eigenvalue weighted by Gasteiger charge is 2.43. The van der Waals surface area contributed by atoms with E-state index in [1.54, 1.807) is 16.8 Å². The van der Waals surface area contributed by atoms with Crippen molar-refractivity contribution in [1.82, 2.24) is 25.1 Å². The molecule has 0 aliphatic carbocycles. The molecule has 3 atom stereocenters. The van der Waals surface area contributed by atoms with E-state index in [2.05, 4.69) is 27.4 Å². The number of aromatic nitrogens is 2. The Labute approximate surface area is 213 Å². The number of hydrogen-bond acceptors (Lipinski definition) is 5. The van der Waals surface area contributed by atoms with Crippen LogP contribution in [0.25, 0.3) is 0 Å². The number of aliphatic hydroxyl groups excluding tert-OH is 1. The molecule has 2 aromatic rings. The van der Waals surface area contributed by atoms with E-state index in [4.69, 9.17) is 0 Å². The molecule has 3 N–H and O–H groups in total. The second-order valence-electron chi connectivity index (χ2n) is 10.7. The molecule has 1 aromatic carbocycles. The van der Waals surface area contributed by atoms with Crippen molar-refractivity contribution in [1.29, 1.82) is 0 Å². The maximum Gasteiger partial charge on any atom is 0.271 e. The van der Waals surface area contributed by atoms with Crippen molar-refractivity contribution in [3.8, 4) is 0 Å². The zero-order valence-corrected chi connectivity index (χ0v) is 22.0. The minimum atomic E-state index is -0.749. The van der Waals surface area contributed by atoms with Gasteiger partial charge in [-0.25, -0.2) is 4.98 Å². The van der Waals surface area contributed by atoms with Crippen LogP contribution in [-0.4, -0.2) is 74.9 Å². The first kappa shape index (κ1) is 27.4. The number of nitrogens with one attached hydrogen (secondary N) is 2. The lowest BCUT2D eigenvalue weighted by molar-refractivity contribution is -0.140. The van der Waals surface area contributed by atoms with Gasteiger partial charge in [0.25, 0.3) is 5.91 Å². The third-order valence-electron chi connectivity index (χ3n) is 6.56. The van der Waals surface area contributed by atoms with Crippen LogP contribution in [0.2, 0.25) is 0 Å². The van der Waals surface area contributed by atoms with Gasteiger partial charge in [0.05, 0.1) is 18.3 Å². The number of imidazole rings is 1. The Kier molecular flexibility index (Phi) is 8.89.